The van der Waals surface area contributed by atoms with Gasteiger partial charge in [-0.2, -0.15) is 5.10 Å². The van der Waals surface area contributed by atoms with Gasteiger partial charge in [-0.25, -0.2) is 9.48 Å². The Morgan fingerprint density at radius 3 is 2.32 bits per heavy atom. The summed E-state index contributed by atoms with van der Waals surface area (Å²) in [4.78, 5) is 19.0. The van der Waals surface area contributed by atoms with Gasteiger partial charge in [0.15, 0.2) is 5.58 Å². The number of thioether (sulfide) groups is 1. The fourth-order valence-corrected chi connectivity index (χ4v) is 5.02. The van der Waals surface area contributed by atoms with Crippen LogP contribution in [0.4, 0.5) is 0 Å². The van der Waals surface area contributed by atoms with E-state index in [1.807, 2.05) is 102 Å². The van der Waals surface area contributed by atoms with Crippen LogP contribution in [-0.2, 0) is 0 Å². The molecule has 0 spiro atoms. The molecule has 0 bridgehead atoms. The minimum atomic E-state index is -0.398. The molecular formula is C28H19N3O2S. The first-order chi connectivity index (χ1) is 16.7. The number of hydrogen-bond acceptors (Lipinski definition) is 5. The fraction of sp³-hybridized carbons (Fsp3) is 0.0357. The Morgan fingerprint density at radius 1 is 0.853 bits per heavy atom. The third kappa shape index (κ3) is 3.31. The van der Waals surface area contributed by atoms with Crippen LogP contribution in [-0.4, -0.2) is 21.0 Å². The minimum Gasteiger partial charge on any atom is -0.421 e. The number of hydrogen-bond donors (Lipinski definition) is 0. The number of benzene rings is 3. The maximum atomic E-state index is 13.5. The first kappa shape index (κ1) is 20.4. The van der Waals surface area contributed by atoms with Crippen LogP contribution in [0.2, 0.25) is 0 Å². The zero-order valence-electron chi connectivity index (χ0n) is 18.3. The van der Waals surface area contributed by atoms with E-state index in [9.17, 15) is 4.79 Å². The van der Waals surface area contributed by atoms with Crippen LogP contribution in [0.5, 0.6) is 0 Å². The van der Waals surface area contributed by atoms with Gasteiger partial charge in [-0.05, 0) is 36.6 Å². The summed E-state index contributed by atoms with van der Waals surface area (Å²) < 4.78 is 7.77. The van der Waals surface area contributed by atoms with Gasteiger partial charge in [0.05, 0.1) is 28.0 Å². The molecule has 0 saturated carbocycles. The fourth-order valence-electron chi connectivity index (χ4n) is 4.27. The Kier molecular flexibility index (Phi) is 5.00. The lowest BCUT2D eigenvalue weighted by atomic mass is 10.1. The van der Waals surface area contributed by atoms with Gasteiger partial charge in [0.2, 0.25) is 0 Å². The lowest BCUT2D eigenvalue weighted by Gasteiger charge is -2.12. The van der Waals surface area contributed by atoms with Crippen LogP contribution in [0, 0.1) is 0 Å². The molecule has 6 rings (SSSR count). The maximum absolute atomic E-state index is 13.5. The van der Waals surface area contributed by atoms with Crippen molar-refractivity contribution in [2.24, 2.45) is 0 Å². The van der Waals surface area contributed by atoms with Crippen LogP contribution in [0.25, 0.3) is 50.1 Å². The molecule has 6 aromatic rings. The lowest BCUT2D eigenvalue weighted by Crippen LogP contribution is -2.10. The topological polar surface area (TPSA) is 60.9 Å². The highest BCUT2D eigenvalue weighted by atomic mass is 32.2. The van der Waals surface area contributed by atoms with E-state index >= 15 is 0 Å². The summed E-state index contributed by atoms with van der Waals surface area (Å²) >= 11 is 1.51. The predicted molar refractivity (Wildman–Crippen MR) is 138 cm³/mol. The molecule has 3 aromatic heterocycles. The molecule has 0 N–H and O–H groups in total. The van der Waals surface area contributed by atoms with Gasteiger partial charge in [0, 0.05) is 22.0 Å². The number of para-hydroxylation sites is 2. The standard InChI is InChI=1S/C28H19N3O2S/c1-34-27-21-17-29-22-15-9-8-14-20(22)26(21)33-28(32)25(27)24-16-23(18-10-4-2-5-11-18)30-31(24)19-12-6-3-7-13-19/h2-17H,1H3. The molecule has 3 heterocycles. The molecule has 0 saturated heterocycles. The monoisotopic (exact) mass is 461 g/mol. The smallest absolute Gasteiger partial charge is 0.346 e. The Morgan fingerprint density at radius 2 is 1.56 bits per heavy atom. The average Bonchev–Trinajstić information content (AvgIpc) is 3.34. The third-order valence-corrected chi connectivity index (χ3v) is 6.67. The Balaban J connectivity index is 1.68. The summed E-state index contributed by atoms with van der Waals surface area (Å²) in [7, 11) is 0. The van der Waals surface area contributed by atoms with Crippen LogP contribution in [0.1, 0.15) is 0 Å². The Bertz CT molecular complexity index is 1710. The number of rotatable bonds is 4. The molecule has 0 radical (unpaired) electrons. The zero-order chi connectivity index (χ0) is 23.1. The normalized spacial score (nSPS) is 11.3. The molecule has 6 heteroatoms. The highest BCUT2D eigenvalue weighted by Crippen LogP contribution is 2.38. The van der Waals surface area contributed by atoms with Gasteiger partial charge in [-0.15, -0.1) is 11.8 Å². The SMILES string of the molecule is CSc1c(-c2cc(-c3ccccc3)nn2-c2ccccc2)c(=O)oc2c1cnc1ccccc12. The zero-order valence-corrected chi connectivity index (χ0v) is 19.1. The van der Waals surface area contributed by atoms with E-state index in [0.29, 0.717) is 16.8 Å². The van der Waals surface area contributed by atoms with E-state index in [-0.39, 0.29) is 0 Å². The van der Waals surface area contributed by atoms with Gasteiger partial charge in [0.25, 0.3) is 0 Å². The molecule has 164 valence electrons. The number of aromatic nitrogens is 3. The van der Waals surface area contributed by atoms with Crippen molar-refractivity contribution in [3.63, 3.8) is 0 Å². The van der Waals surface area contributed by atoms with E-state index in [1.165, 1.54) is 11.8 Å². The largest absolute Gasteiger partial charge is 0.421 e. The second-order valence-corrected chi connectivity index (χ2v) is 8.66. The Hall–Kier alpha value is -4.16. The molecule has 0 fully saturated rings. The van der Waals surface area contributed by atoms with Crippen molar-refractivity contribution in [3.8, 4) is 28.2 Å². The van der Waals surface area contributed by atoms with Crippen molar-refractivity contribution >= 4 is 33.6 Å². The average molecular weight is 462 g/mol. The second-order valence-electron chi connectivity index (χ2n) is 7.84. The van der Waals surface area contributed by atoms with Crippen LogP contribution >= 0.6 is 11.8 Å². The number of fused-ring (bicyclic) bond motifs is 3. The maximum Gasteiger partial charge on any atom is 0.346 e. The van der Waals surface area contributed by atoms with Gasteiger partial charge >= 0.3 is 5.63 Å². The first-order valence-electron chi connectivity index (χ1n) is 10.8. The van der Waals surface area contributed by atoms with Crippen molar-refractivity contribution in [1.82, 2.24) is 14.8 Å². The van der Waals surface area contributed by atoms with Crippen molar-refractivity contribution in [2.45, 2.75) is 4.90 Å². The summed E-state index contributed by atoms with van der Waals surface area (Å²) in [5.74, 6) is 0. The second kappa shape index (κ2) is 8.32. The van der Waals surface area contributed by atoms with Crippen LogP contribution in [0.15, 0.2) is 111 Å². The quantitative estimate of drug-likeness (QED) is 0.219. The van der Waals surface area contributed by atoms with E-state index in [4.69, 9.17) is 9.52 Å². The van der Waals surface area contributed by atoms with E-state index in [0.717, 1.165) is 38.1 Å². The highest BCUT2D eigenvalue weighted by molar-refractivity contribution is 7.99. The number of nitrogens with zero attached hydrogens (tertiary/aromatic N) is 3. The summed E-state index contributed by atoms with van der Waals surface area (Å²) in [5, 5.41) is 6.51. The van der Waals surface area contributed by atoms with E-state index in [2.05, 4.69) is 4.98 Å². The molecule has 34 heavy (non-hydrogen) atoms. The van der Waals surface area contributed by atoms with Crippen molar-refractivity contribution < 1.29 is 4.42 Å². The van der Waals surface area contributed by atoms with E-state index < -0.39 is 5.63 Å². The van der Waals surface area contributed by atoms with Crippen LogP contribution in [0.3, 0.4) is 0 Å². The Labute approximate surface area is 199 Å². The first-order valence-corrected chi connectivity index (χ1v) is 12.1. The molecule has 0 aliphatic carbocycles. The summed E-state index contributed by atoms with van der Waals surface area (Å²) in [6.45, 7) is 0. The molecule has 0 aliphatic heterocycles. The molecule has 0 unspecified atom stereocenters. The highest BCUT2D eigenvalue weighted by Gasteiger charge is 2.23. The minimum absolute atomic E-state index is 0.398. The van der Waals surface area contributed by atoms with Crippen molar-refractivity contribution in [1.29, 1.82) is 0 Å². The van der Waals surface area contributed by atoms with Gasteiger partial charge < -0.3 is 4.42 Å². The lowest BCUT2D eigenvalue weighted by molar-refractivity contribution is 0.562. The van der Waals surface area contributed by atoms with Crippen molar-refractivity contribution in [2.75, 3.05) is 6.26 Å². The molecular weight excluding hydrogens is 442 g/mol. The molecule has 5 nitrogen and oxygen atoms in total. The summed E-state index contributed by atoms with van der Waals surface area (Å²) in [6, 6.07) is 29.4. The molecule has 3 aromatic carbocycles. The predicted octanol–water partition coefficient (Wildman–Crippen LogP) is 6.58. The number of pyridine rings is 1. The molecule has 0 atom stereocenters. The summed E-state index contributed by atoms with van der Waals surface area (Å²) in [6.07, 6.45) is 3.76. The van der Waals surface area contributed by atoms with Gasteiger partial charge in [0.1, 0.15) is 5.56 Å². The van der Waals surface area contributed by atoms with Gasteiger partial charge in [-0.3, -0.25) is 4.98 Å². The third-order valence-electron chi connectivity index (χ3n) is 5.84. The molecule has 0 amide bonds. The summed E-state index contributed by atoms with van der Waals surface area (Å²) in [5.41, 5.74) is 4.72. The van der Waals surface area contributed by atoms with E-state index in [1.54, 1.807) is 6.20 Å². The van der Waals surface area contributed by atoms with Gasteiger partial charge in [-0.1, -0.05) is 60.7 Å². The van der Waals surface area contributed by atoms with Crippen molar-refractivity contribution in [3.05, 3.63) is 108 Å². The molecule has 0 aliphatic rings. The van der Waals surface area contributed by atoms with Crippen LogP contribution < -0.4 is 5.63 Å².